The Labute approximate surface area is 134 Å². The zero-order chi connectivity index (χ0) is 15.4. The van der Waals surface area contributed by atoms with Gasteiger partial charge in [0.05, 0.1) is 44.5 Å². The molecule has 1 aromatic carbocycles. The molecule has 2 aromatic rings. The van der Waals surface area contributed by atoms with Gasteiger partial charge >= 0.3 is 0 Å². The number of nitrogens with zero attached hydrogens (tertiary/aromatic N) is 2. The van der Waals surface area contributed by atoms with Gasteiger partial charge in [0, 0.05) is 16.5 Å². The zero-order valence-electron chi connectivity index (χ0n) is 12.7. The van der Waals surface area contributed by atoms with Gasteiger partial charge in [-0.1, -0.05) is 18.2 Å². The molecule has 0 aliphatic carbocycles. The van der Waals surface area contributed by atoms with Crippen molar-refractivity contribution in [3.63, 3.8) is 0 Å². The van der Waals surface area contributed by atoms with Crippen LogP contribution in [0, 0.1) is 0 Å². The summed E-state index contributed by atoms with van der Waals surface area (Å²) >= 11 is 1.54. The number of hydrogen-bond donors (Lipinski definition) is 2. The van der Waals surface area contributed by atoms with Crippen LogP contribution in [-0.2, 0) is 4.79 Å². The molecule has 3 rings (SSSR count). The fraction of sp³-hybridized carbons (Fsp3) is 0.375. The minimum absolute atomic E-state index is 0.0532. The first-order valence-corrected chi connectivity index (χ1v) is 8.53. The molecule has 0 spiro atoms. The van der Waals surface area contributed by atoms with Gasteiger partial charge in [0.1, 0.15) is 0 Å². The van der Waals surface area contributed by atoms with Crippen molar-refractivity contribution in [2.75, 3.05) is 39.0 Å². The molecule has 6 heteroatoms. The van der Waals surface area contributed by atoms with Crippen LogP contribution >= 0.6 is 11.8 Å². The third kappa shape index (κ3) is 3.76. The smallest absolute Gasteiger partial charge is 0.244 e. The number of fused-ring (bicyclic) bond motifs is 1. The van der Waals surface area contributed by atoms with Gasteiger partial charge in [-0.15, -0.1) is 11.8 Å². The molecule has 1 saturated heterocycles. The van der Waals surface area contributed by atoms with E-state index in [9.17, 15) is 4.79 Å². The Kier molecular flexibility index (Phi) is 4.92. The molecule has 116 valence electrons. The lowest BCUT2D eigenvalue weighted by Gasteiger charge is -2.30. The lowest BCUT2D eigenvalue weighted by molar-refractivity contribution is -0.884. The van der Waals surface area contributed by atoms with Crippen LogP contribution in [-0.4, -0.2) is 54.9 Å². The lowest BCUT2D eigenvalue weighted by Crippen LogP contribution is -3.12. The Morgan fingerprint density at radius 2 is 2.09 bits per heavy atom. The van der Waals surface area contributed by atoms with Crippen molar-refractivity contribution in [1.82, 2.24) is 15.4 Å². The number of carbonyl (C=O) groups excluding carboxylic acids is 1. The number of carbonyl (C=O) groups is 1. The molecule has 0 bridgehead atoms. The summed E-state index contributed by atoms with van der Waals surface area (Å²) in [6.45, 7) is 3.97. The number of piperazine rings is 1. The van der Waals surface area contributed by atoms with Gasteiger partial charge in [-0.2, -0.15) is 0 Å². The molecule has 0 atom stereocenters. The zero-order valence-corrected chi connectivity index (χ0v) is 13.5. The van der Waals surface area contributed by atoms with Gasteiger partial charge in [0.2, 0.25) is 5.91 Å². The molecular formula is C16H21N4OS+. The van der Waals surface area contributed by atoms with Crippen molar-refractivity contribution in [3.05, 3.63) is 36.5 Å². The normalized spacial score (nSPS) is 16.8. The molecular weight excluding hydrogens is 296 g/mol. The number of rotatable bonds is 4. The first kappa shape index (κ1) is 15.3. The van der Waals surface area contributed by atoms with E-state index in [1.165, 1.54) is 4.90 Å². The van der Waals surface area contributed by atoms with Crippen molar-refractivity contribution in [2.24, 2.45) is 0 Å². The number of thioether (sulfide) groups is 1. The summed E-state index contributed by atoms with van der Waals surface area (Å²) in [7, 11) is 2.18. The predicted molar refractivity (Wildman–Crippen MR) is 88.8 cm³/mol. The summed E-state index contributed by atoms with van der Waals surface area (Å²) in [6.07, 6.45) is 1.79. The number of nitrogens with one attached hydrogen (secondary N) is 2. The topological polar surface area (TPSA) is 49.7 Å². The number of amides is 1. The molecule has 0 radical (unpaired) electrons. The molecule has 2 heterocycles. The van der Waals surface area contributed by atoms with Gasteiger partial charge in [-0.05, 0) is 12.1 Å². The molecule has 1 amide bonds. The number of quaternary nitrogens is 1. The average Bonchev–Trinajstić information content (AvgIpc) is 2.55. The van der Waals surface area contributed by atoms with Gasteiger partial charge in [0.15, 0.2) is 0 Å². The number of benzene rings is 1. The molecule has 1 fully saturated rings. The summed E-state index contributed by atoms with van der Waals surface area (Å²) < 4.78 is 0. The first-order valence-electron chi connectivity index (χ1n) is 7.54. The molecule has 1 aliphatic rings. The number of hydrogen-bond acceptors (Lipinski definition) is 4. The fourth-order valence-corrected chi connectivity index (χ4v) is 3.38. The van der Waals surface area contributed by atoms with Crippen LogP contribution in [0.25, 0.3) is 10.9 Å². The van der Waals surface area contributed by atoms with Gasteiger partial charge in [-0.25, -0.2) is 5.01 Å². The second-order valence-electron chi connectivity index (χ2n) is 5.60. The van der Waals surface area contributed by atoms with E-state index in [4.69, 9.17) is 0 Å². The van der Waals surface area contributed by atoms with E-state index in [1.54, 1.807) is 18.0 Å². The Balaban J connectivity index is 1.56. The second-order valence-corrected chi connectivity index (χ2v) is 6.62. The predicted octanol–water partition coefficient (Wildman–Crippen LogP) is 0.188. The van der Waals surface area contributed by atoms with Crippen LogP contribution in [0.4, 0.5) is 0 Å². The second kappa shape index (κ2) is 7.09. The lowest BCUT2D eigenvalue weighted by atomic mass is 10.2. The van der Waals surface area contributed by atoms with Crippen LogP contribution in [0.1, 0.15) is 0 Å². The maximum Gasteiger partial charge on any atom is 0.244 e. The van der Waals surface area contributed by atoms with Crippen LogP contribution in [0.5, 0.6) is 0 Å². The standard InChI is InChI=1S/C16H20N4OS/c1-19-8-10-20(11-9-19)18-15(21)12-22-14-6-2-4-13-5-3-7-17-16(13)14/h2-7H,8-12H2,1H3,(H,18,21)/p+1. The number of aromatic nitrogens is 1. The van der Waals surface area contributed by atoms with Crippen molar-refractivity contribution in [2.45, 2.75) is 4.90 Å². The van der Waals surface area contributed by atoms with Crippen LogP contribution in [0.3, 0.4) is 0 Å². The fourth-order valence-electron chi connectivity index (χ4n) is 2.54. The van der Waals surface area contributed by atoms with E-state index in [2.05, 4.69) is 17.5 Å². The minimum Gasteiger partial charge on any atom is -0.335 e. The van der Waals surface area contributed by atoms with E-state index >= 15 is 0 Å². The Morgan fingerprint density at radius 3 is 2.91 bits per heavy atom. The van der Waals surface area contributed by atoms with Gasteiger partial charge in [0.25, 0.3) is 0 Å². The Bertz CT molecular complexity index is 650. The Morgan fingerprint density at radius 1 is 1.32 bits per heavy atom. The van der Waals surface area contributed by atoms with Crippen molar-refractivity contribution in [1.29, 1.82) is 0 Å². The van der Waals surface area contributed by atoms with Crippen molar-refractivity contribution >= 4 is 28.6 Å². The highest BCUT2D eigenvalue weighted by atomic mass is 32.2. The van der Waals surface area contributed by atoms with E-state index in [0.717, 1.165) is 42.0 Å². The van der Waals surface area contributed by atoms with Crippen LogP contribution in [0.2, 0.25) is 0 Å². The highest BCUT2D eigenvalue weighted by Gasteiger charge is 2.18. The summed E-state index contributed by atoms with van der Waals surface area (Å²) in [5, 5.41) is 3.13. The third-order valence-electron chi connectivity index (χ3n) is 3.85. The number of hydrazine groups is 1. The van der Waals surface area contributed by atoms with Gasteiger partial charge in [-0.3, -0.25) is 15.2 Å². The van der Waals surface area contributed by atoms with E-state index < -0.39 is 0 Å². The number of para-hydroxylation sites is 1. The number of pyridine rings is 1. The van der Waals surface area contributed by atoms with E-state index in [-0.39, 0.29) is 5.91 Å². The molecule has 1 aromatic heterocycles. The average molecular weight is 317 g/mol. The highest BCUT2D eigenvalue weighted by Crippen LogP contribution is 2.25. The summed E-state index contributed by atoms with van der Waals surface area (Å²) in [6, 6.07) is 10.0. The molecule has 22 heavy (non-hydrogen) atoms. The van der Waals surface area contributed by atoms with E-state index in [0.29, 0.717) is 5.75 Å². The van der Waals surface area contributed by atoms with Crippen molar-refractivity contribution in [3.8, 4) is 0 Å². The molecule has 0 saturated carbocycles. The molecule has 5 nitrogen and oxygen atoms in total. The first-order chi connectivity index (χ1) is 10.7. The summed E-state index contributed by atoms with van der Waals surface area (Å²) in [5.74, 6) is 0.465. The van der Waals surface area contributed by atoms with Crippen LogP contribution in [0.15, 0.2) is 41.4 Å². The molecule has 0 unspecified atom stereocenters. The van der Waals surface area contributed by atoms with E-state index in [1.807, 2.05) is 35.3 Å². The maximum atomic E-state index is 12.1. The number of likely N-dealkylation sites (N-methyl/N-ethyl adjacent to an activating group) is 1. The monoisotopic (exact) mass is 317 g/mol. The highest BCUT2D eigenvalue weighted by molar-refractivity contribution is 8.00. The van der Waals surface area contributed by atoms with Gasteiger partial charge < -0.3 is 4.90 Å². The van der Waals surface area contributed by atoms with Crippen LogP contribution < -0.4 is 10.3 Å². The maximum absolute atomic E-state index is 12.1. The minimum atomic E-state index is 0.0532. The SMILES string of the molecule is C[NH+]1CCN(NC(=O)CSc2cccc3cccnc23)CC1. The largest absolute Gasteiger partial charge is 0.335 e. The van der Waals surface area contributed by atoms with Crippen molar-refractivity contribution < 1.29 is 9.69 Å². The third-order valence-corrected chi connectivity index (χ3v) is 4.90. The summed E-state index contributed by atoms with van der Waals surface area (Å²) in [5.41, 5.74) is 3.96. The quantitative estimate of drug-likeness (QED) is 0.791. The summed E-state index contributed by atoms with van der Waals surface area (Å²) in [4.78, 5) is 19.1. The Hall–Kier alpha value is -1.63. The molecule has 2 N–H and O–H groups in total. The molecule has 1 aliphatic heterocycles.